The molecular formula is C17H14BrN. The third-order valence-electron chi connectivity index (χ3n) is 3.55. The van der Waals surface area contributed by atoms with Crippen molar-refractivity contribution in [1.29, 1.82) is 0 Å². The van der Waals surface area contributed by atoms with Crippen LogP contribution in [0, 0.1) is 12.3 Å². The maximum atomic E-state index is 5.44. The van der Waals surface area contributed by atoms with Crippen LogP contribution < -0.4 is 5.32 Å². The summed E-state index contributed by atoms with van der Waals surface area (Å²) in [5, 5.41) is 3.58. The van der Waals surface area contributed by atoms with Crippen LogP contribution >= 0.6 is 15.9 Å². The van der Waals surface area contributed by atoms with E-state index in [1.165, 1.54) is 11.1 Å². The van der Waals surface area contributed by atoms with Crippen LogP contribution in [-0.4, -0.2) is 0 Å². The third kappa shape index (κ3) is 2.52. The molecule has 0 fully saturated rings. The molecule has 0 amide bonds. The number of hydrogen-bond acceptors (Lipinski definition) is 1. The van der Waals surface area contributed by atoms with Crippen molar-refractivity contribution in [3.05, 3.63) is 63.6 Å². The molecule has 1 N–H and O–H groups in total. The van der Waals surface area contributed by atoms with Crippen molar-refractivity contribution in [1.82, 2.24) is 0 Å². The highest BCUT2D eigenvalue weighted by atomic mass is 79.9. The maximum absolute atomic E-state index is 5.44. The fourth-order valence-corrected chi connectivity index (χ4v) is 3.04. The topological polar surface area (TPSA) is 12.0 Å². The van der Waals surface area contributed by atoms with Gasteiger partial charge in [0.1, 0.15) is 0 Å². The van der Waals surface area contributed by atoms with Gasteiger partial charge in [-0.2, -0.15) is 0 Å². The minimum Gasteiger partial charge on any atom is -0.378 e. The number of halogens is 1. The maximum Gasteiger partial charge on any atom is 0.0519 e. The van der Waals surface area contributed by atoms with Crippen molar-refractivity contribution in [2.45, 2.75) is 18.9 Å². The average molecular weight is 312 g/mol. The first-order valence-electron chi connectivity index (χ1n) is 6.38. The van der Waals surface area contributed by atoms with Gasteiger partial charge in [0.05, 0.1) is 6.04 Å². The zero-order valence-corrected chi connectivity index (χ0v) is 12.1. The first-order valence-corrected chi connectivity index (χ1v) is 7.17. The highest BCUT2D eigenvalue weighted by Crippen LogP contribution is 2.35. The fourth-order valence-electron chi connectivity index (χ4n) is 2.64. The second kappa shape index (κ2) is 5.11. The molecule has 2 heteroatoms. The van der Waals surface area contributed by atoms with Gasteiger partial charge in [-0.05, 0) is 54.3 Å². The molecule has 0 aromatic heterocycles. The highest BCUT2D eigenvalue weighted by Gasteiger charge is 2.22. The molecule has 0 heterocycles. The Morgan fingerprint density at radius 2 is 2.11 bits per heavy atom. The Morgan fingerprint density at radius 3 is 2.95 bits per heavy atom. The predicted octanol–water partition coefficient (Wildman–Crippen LogP) is 4.53. The second-order valence-corrected chi connectivity index (χ2v) is 5.72. The molecule has 1 nitrogen and oxygen atoms in total. The molecule has 1 atom stereocenters. The van der Waals surface area contributed by atoms with Gasteiger partial charge in [0.25, 0.3) is 0 Å². The van der Waals surface area contributed by atoms with Crippen LogP contribution in [0.5, 0.6) is 0 Å². The second-order valence-electron chi connectivity index (χ2n) is 4.80. The quantitative estimate of drug-likeness (QED) is 0.803. The van der Waals surface area contributed by atoms with E-state index in [1.807, 2.05) is 18.2 Å². The van der Waals surface area contributed by atoms with Gasteiger partial charge in [-0.15, -0.1) is 6.42 Å². The summed E-state index contributed by atoms with van der Waals surface area (Å²) in [5.41, 5.74) is 4.84. The van der Waals surface area contributed by atoms with Crippen LogP contribution in [0.3, 0.4) is 0 Å². The van der Waals surface area contributed by atoms with E-state index in [0.717, 1.165) is 28.6 Å². The molecule has 1 aliphatic rings. The molecule has 0 saturated carbocycles. The lowest BCUT2D eigenvalue weighted by molar-refractivity contribution is 0.762. The van der Waals surface area contributed by atoms with Crippen LogP contribution in [0.4, 0.5) is 5.69 Å². The molecule has 19 heavy (non-hydrogen) atoms. The molecule has 0 spiro atoms. The summed E-state index contributed by atoms with van der Waals surface area (Å²) in [4.78, 5) is 0. The largest absolute Gasteiger partial charge is 0.378 e. The first kappa shape index (κ1) is 12.3. The SMILES string of the molecule is C#Cc1cccc(NC2CCc3cc(Br)ccc32)c1. The molecular weight excluding hydrogens is 298 g/mol. The Morgan fingerprint density at radius 1 is 1.21 bits per heavy atom. The molecule has 0 saturated heterocycles. The smallest absolute Gasteiger partial charge is 0.0519 e. The molecule has 0 bridgehead atoms. The van der Waals surface area contributed by atoms with Crippen LogP contribution in [0.15, 0.2) is 46.9 Å². The van der Waals surface area contributed by atoms with E-state index < -0.39 is 0 Å². The van der Waals surface area contributed by atoms with Crippen molar-refractivity contribution >= 4 is 21.6 Å². The van der Waals surface area contributed by atoms with Gasteiger partial charge in [-0.25, -0.2) is 0 Å². The molecule has 0 aliphatic heterocycles. The fraction of sp³-hybridized carbons (Fsp3) is 0.176. The third-order valence-corrected chi connectivity index (χ3v) is 4.05. The molecule has 94 valence electrons. The Bertz CT molecular complexity index is 655. The standard InChI is InChI=1S/C17H14BrN/c1-2-12-4-3-5-15(10-12)19-17-9-6-13-11-14(18)7-8-16(13)17/h1,3-5,7-8,10-11,17,19H,6,9H2. The van der Waals surface area contributed by atoms with Gasteiger partial charge in [0.15, 0.2) is 0 Å². The van der Waals surface area contributed by atoms with E-state index in [0.29, 0.717) is 6.04 Å². The molecule has 1 unspecified atom stereocenters. The summed E-state index contributed by atoms with van der Waals surface area (Å²) in [5.74, 6) is 2.67. The molecule has 2 aromatic rings. The van der Waals surface area contributed by atoms with E-state index >= 15 is 0 Å². The minimum absolute atomic E-state index is 0.385. The van der Waals surface area contributed by atoms with Gasteiger partial charge in [-0.1, -0.05) is 34.0 Å². The summed E-state index contributed by atoms with van der Waals surface area (Å²) >= 11 is 3.53. The monoisotopic (exact) mass is 311 g/mol. The lowest BCUT2D eigenvalue weighted by atomic mass is 10.1. The minimum atomic E-state index is 0.385. The van der Waals surface area contributed by atoms with Crippen molar-refractivity contribution < 1.29 is 0 Å². The van der Waals surface area contributed by atoms with Gasteiger partial charge < -0.3 is 5.32 Å². The summed E-state index contributed by atoms with van der Waals surface area (Å²) in [6, 6.07) is 14.9. The Balaban J connectivity index is 1.85. The normalized spacial score (nSPS) is 16.7. The zero-order valence-electron chi connectivity index (χ0n) is 10.5. The number of rotatable bonds is 2. The number of nitrogens with one attached hydrogen (secondary N) is 1. The lowest BCUT2D eigenvalue weighted by Crippen LogP contribution is -2.07. The summed E-state index contributed by atoms with van der Waals surface area (Å²) in [7, 11) is 0. The molecule has 0 radical (unpaired) electrons. The van der Waals surface area contributed by atoms with Gasteiger partial charge in [0.2, 0.25) is 0 Å². The summed E-state index contributed by atoms with van der Waals surface area (Å²) in [6.07, 6.45) is 7.69. The van der Waals surface area contributed by atoms with Gasteiger partial charge in [0, 0.05) is 15.7 Å². The van der Waals surface area contributed by atoms with E-state index in [4.69, 9.17) is 6.42 Å². The molecule has 1 aliphatic carbocycles. The Hall–Kier alpha value is -1.72. The number of anilines is 1. The zero-order chi connectivity index (χ0) is 13.2. The van der Waals surface area contributed by atoms with Crippen LogP contribution in [0.25, 0.3) is 0 Å². The van der Waals surface area contributed by atoms with E-state index in [9.17, 15) is 0 Å². The number of terminal acetylenes is 1. The number of aryl methyl sites for hydroxylation is 1. The van der Waals surface area contributed by atoms with Crippen molar-refractivity contribution in [3.63, 3.8) is 0 Å². The number of hydrogen-bond donors (Lipinski definition) is 1. The van der Waals surface area contributed by atoms with Gasteiger partial charge in [-0.3, -0.25) is 0 Å². The molecule has 3 rings (SSSR count). The Kier molecular flexibility index (Phi) is 3.31. The highest BCUT2D eigenvalue weighted by molar-refractivity contribution is 9.10. The lowest BCUT2D eigenvalue weighted by Gasteiger charge is -2.16. The van der Waals surface area contributed by atoms with E-state index in [1.54, 1.807) is 0 Å². The number of fused-ring (bicyclic) bond motifs is 1. The van der Waals surface area contributed by atoms with Crippen LogP contribution in [-0.2, 0) is 6.42 Å². The van der Waals surface area contributed by atoms with Crippen molar-refractivity contribution in [2.75, 3.05) is 5.32 Å². The average Bonchev–Trinajstić information content (AvgIpc) is 2.81. The summed E-state index contributed by atoms with van der Waals surface area (Å²) in [6.45, 7) is 0. The summed E-state index contributed by atoms with van der Waals surface area (Å²) < 4.78 is 1.15. The van der Waals surface area contributed by atoms with E-state index in [-0.39, 0.29) is 0 Å². The van der Waals surface area contributed by atoms with E-state index in [2.05, 4.69) is 51.4 Å². The van der Waals surface area contributed by atoms with Crippen LogP contribution in [0.2, 0.25) is 0 Å². The van der Waals surface area contributed by atoms with Crippen molar-refractivity contribution in [3.8, 4) is 12.3 Å². The van der Waals surface area contributed by atoms with Crippen LogP contribution in [0.1, 0.15) is 29.2 Å². The first-order chi connectivity index (χ1) is 9.26. The Labute approximate surface area is 122 Å². The molecule has 2 aromatic carbocycles. The van der Waals surface area contributed by atoms with Gasteiger partial charge >= 0.3 is 0 Å². The predicted molar refractivity (Wildman–Crippen MR) is 83.2 cm³/mol. The number of benzene rings is 2. The van der Waals surface area contributed by atoms with Crippen molar-refractivity contribution in [2.24, 2.45) is 0 Å².